The van der Waals surface area contributed by atoms with Gasteiger partial charge in [0.2, 0.25) is 10.4 Å². The van der Waals surface area contributed by atoms with Crippen molar-refractivity contribution >= 4 is 10.4 Å². The van der Waals surface area contributed by atoms with E-state index in [1.165, 1.54) is 157 Å². The first-order chi connectivity index (χ1) is 20.3. The first kappa shape index (κ1) is 49.6. The van der Waals surface area contributed by atoms with E-state index >= 15 is 0 Å². The number of rotatable bonds is 25. The number of hydrogen-bond acceptors (Lipinski definition) is 4. The highest BCUT2D eigenvalue weighted by atomic mass is 32.3. The zero-order valence-electron chi connectivity index (χ0n) is 31.1. The van der Waals surface area contributed by atoms with Crippen LogP contribution in [-0.4, -0.2) is 89.0 Å². The van der Waals surface area contributed by atoms with E-state index in [0.29, 0.717) is 6.54 Å². The van der Waals surface area contributed by atoms with Gasteiger partial charge >= 0.3 is 0 Å². The summed E-state index contributed by atoms with van der Waals surface area (Å²) >= 11 is 0. The smallest absolute Gasteiger partial charge is 0.217 e. The summed E-state index contributed by atoms with van der Waals surface area (Å²) in [5.41, 5.74) is 7.08. The van der Waals surface area contributed by atoms with Crippen LogP contribution in [0.2, 0.25) is 0 Å². The third kappa shape index (κ3) is 43.9. The van der Waals surface area contributed by atoms with Crippen molar-refractivity contribution in [3.05, 3.63) is 5.73 Å². The third-order valence-electron chi connectivity index (χ3n) is 8.82. The van der Waals surface area contributed by atoms with E-state index in [2.05, 4.69) is 66.7 Å². The Kier molecular flexibility index (Phi) is 41.8. The van der Waals surface area contributed by atoms with E-state index < -0.39 is 10.4 Å². The van der Waals surface area contributed by atoms with Gasteiger partial charge < -0.3 is 19.3 Å². The van der Waals surface area contributed by atoms with Crippen LogP contribution in [0.5, 0.6) is 0 Å². The van der Waals surface area contributed by atoms with Crippen molar-refractivity contribution in [2.24, 2.45) is 0 Å². The number of hydrogen-bond donors (Lipinski definition) is 0. The fourth-order valence-electron chi connectivity index (χ4n) is 4.83. The van der Waals surface area contributed by atoms with Gasteiger partial charge in [0, 0.05) is 0 Å². The SMILES string of the molecule is CCCCCCCCCCCCCCCCCC[NH-].CCC[N+](C)(CC)CC.CCC[N+](C)(CC)CC.COS(=O)(=O)[O-]. The van der Waals surface area contributed by atoms with Crippen molar-refractivity contribution in [3.8, 4) is 0 Å². The van der Waals surface area contributed by atoms with Gasteiger partial charge in [0.1, 0.15) is 0 Å². The van der Waals surface area contributed by atoms with Crippen molar-refractivity contribution < 1.29 is 26.1 Å². The highest BCUT2D eigenvalue weighted by molar-refractivity contribution is 7.80. The van der Waals surface area contributed by atoms with Crippen molar-refractivity contribution in [1.29, 1.82) is 0 Å². The number of unbranched alkanes of at least 4 members (excludes halogenated alkanes) is 15. The second-order valence-electron chi connectivity index (χ2n) is 12.6. The summed E-state index contributed by atoms with van der Waals surface area (Å²) in [5, 5.41) is 0. The Labute approximate surface area is 272 Å². The molecule has 0 aliphatic rings. The summed E-state index contributed by atoms with van der Waals surface area (Å²) in [5.74, 6) is 0. The molecular formula is C35H81N3O4S. The average Bonchev–Trinajstić information content (AvgIpc) is 3.00. The summed E-state index contributed by atoms with van der Waals surface area (Å²) in [6.07, 6.45) is 25.1. The molecule has 7 nitrogen and oxygen atoms in total. The Bertz CT molecular complexity index is 574. The zero-order chi connectivity index (χ0) is 33.9. The molecule has 0 aliphatic heterocycles. The number of nitrogens with one attached hydrogen (secondary N) is 1. The molecular weight excluding hydrogens is 558 g/mol. The lowest BCUT2D eigenvalue weighted by Crippen LogP contribution is -2.43. The molecule has 1 N–H and O–H groups in total. The standard InChI is InChI=1S/C18H38N.2C8H20N.CH4O4S/c1-2-3-4-5-6-7-8-9-10-11-12-13-14-15-16-17-18-19;2*1-5-8-9(4,6-2)7-3;1-5-6(2,3)4/h19H,2-18H2,1H3;2*5-8H2,1-4H3;1H3,(H,2,3,4)/q-1;2*+1;/p-1. The largest absolute Gasteiger partial charge is 0.726 e. The molecule has 8 heteroatoms. The molecule has 0 aromatic carbocycles. The van der Waals surface area contributed by atoms with E-state index in [1.807, 2.05) is 0 Å². The van der Waals surface area contributed by atoms with Gasteiger partial charge in [-0.3, -0.25) is 4.18 Å². The van der Waals surface area contributed by atoms with Crippen molar-refractivity contribution in [2.45, 2.75) is 164 Å². The Morgan fingerprint density at radius 1 is 0.512 bits per heavy atom. The quantitative estimate of drug-likeness (QED) is 0.0430. The van der Waals surface area contributed by atoms with Gasteiger partial charge in [0.05, 0.1) is 60.5 Å². The molecule has 0 saturated carbocycles. The van der Waals surface area contributed by atoms with E-state index in [0.717, 1.165) is 13.5 Å². The molecule has 0 aromatic heterocycles. The molecule has 0 heterocycles. The first-order valence-electron chi connectivity index (χ1n) is 18.2. The van der Waals surface area contributed by atoms with Gasteiger partial charge in [-0.1, -0.05) is 124 Å². The number of nitrogens with zero attached hydrogens (tertiary/aromatic N) is 2. The van der Waals surface area contributed by atoms with Gasteiger partial charge in [0.25, 0.3) is 0 Å². The minimum absolute atomic E-state index is 0.623. The number of quaternary nitrogens is 2. The van der Waals surface area contributed by atoms with E-state index in [1.54, 1.807) is 0 Å². The van der Waals surface area contributed by atoms with Crippen LogP contribution in [-0.2, 0) is 14.6 Å². The zero-order valence-corrected chi connectivity index (χ0v) is 31.9. The second kappa shape index (κ2) is 36.2. The molecule has 266 valence electrons. The minimum Gasteiger partial charge on any atom is -0.726 e. The van der Waals surface area contributed by atoms with Crippen LogP contribution in [0.15, 0.2) is 0 Å². The predicted molar refractivity (Wildman–Crippen MR) is 190 cm³/mol. The van der Waals surface area contributed by atoms with Gasteiger partial charge in [-0.15, -0.1) is 0 Å². The summed E-state index contributed by atoms with van der Waals surface area (Å²) in [4.78, 5) is 0. The Hall–Kier alpha value is -0.250. The van der Waals surface area contributed by atoms with Crippen LogP contribution in [0.25, 0.3) is 5.73 Å². The fraction of sp³-hybridized carbons (Fsp3) is 1.00. The first-order valence-corrected chi connectivity index (χ1v) is 19.5. The lowest BCUT2D eigenvalue weighted by atomic mass is 10.0. The van der Waals surface area contributed by atoms with E-state index in [-0.39, 0.29) is 0 Å². The van der Waals surface area contributed by atoms with Gasteiger partial charge in [-0.05, 0) is 40.5 Å². The summed E-state index contributed by atoms with van der Waals surface area (Å²) in [6.45, 7) is 24.2. The molecule has 0 fully saturated rings. The summed E-state index contributed by atoms with van der Waals surface area (Å²) < 4.78 is 33.5. The molecule has 43 heavy (non-hydrogen) atoms. The summed E-state index contributed by atoms with van der Waals surface area (Å²) in [7, 11) is 1.04. The summed E-state index contributed by atoms with van der Waals surface area (Å²) in [6, 6.07) is 0. The van der Waals surface area contributed by atoms with Gasteiger partial charge in [0.15, 0.2) is 0 Å². The van der Waals surface area contributed by atoms with Crippen LogP contribution in [0.4, 0.5) is 0 Å². The average molecular weight is 640 g/mol. The van der Waals surface area contributed by atoms with Gasteiger partial charge in [-0.25, -0.2) is 8.42 Å². The predicted octanol–water partition coefficient (Wildman–Crippen LogP) is 10.2. The molecule has 0 rings (SSSR count). The molecule has 0 radical (unpaired) electrons. The molecule has 0 atom stereocenters. The molecule has 0 aromatic rings. The molecule has 0 unspecified atom stereocenters. The maximum atomic E-state index is 9.22. The molecule has 0 spiro atoms. The van der Waals surface area contributed by atoms with E-state index in [4.69, 9.17) is 5.73 Å². The highest BCUT2D eigenvalue weighted by Crippen LogP contribution is 2.13. The van der Waals surface area contributed by atoms with E-state index in [9.17, 15) is 13.0 Å². The van der Waals surface area contributed by atoms with Gasteiger partial charge in [-0.2, -0.15) is 6.54 Å². The van der Waals surface area contributed by atoms with Crippen LogP contribution in [0, 0.1) is 0 Å². The lowest BCUT2D eigenvalue weighted by Gasteiger charge is -2.31. The molecule has 0 saturated heterocycles. The highest BCUT2D eigenvalue weighted by Gasteiger charge is 2.13. The maximum Gasteiger partial charge on any atom is 0.217 e. The van der Waals surface area contributed by atoms with Crippen molar-refractivity contribution in [2.75, 3.05) is 67.0 Å². The lowest BCUT2D eigenvalue weighted by molar-refractivity contribution is -0.906. The second-order valence-corrected chi connectivity index (χ2v) is 13.7. The van der Waals surface area contributed by atoms with Crippen molar-refractivity contribution in [3.63, 3.8) is 0 Å². The molecule has 0 aliphatic carbocycles. The maximum absolute atomic E-state index is 9.22. The fourth-order valence-corrected chi connectivity index (χ4v) is 4.83. The third-order valence-corrected chi connectivity index (χ3v) is 9.22. The van der Waals surface area contributed by atoms with Crippen molar-refractivity contribution in [1.82, 2.24) is 0 Å². The van der Waals surface area contributed by atoms with Crippen LogP contribution < -0.4 is 0 Å². The Morgan fingerprint density at radius 3 is 0.884 bits per heavy atom. The monoisotopic (exact) mass is 640 g/mol. The van der Waals surface area contributed by atoms with Crippen LogP contribution in [0.1, 0.15) is 164 Å². The Balaban J connectivity index is -0.000000264. The molecule has 0 bridgehead atoms. The van der Waals surface area contributed by atoms with Crippen LogP contribution in [0.3, 0.4) is 0 Å². The Morgan fingerprint density at radius 2 is 0.744 bits per heavy atom. The van der Waals surface area contributed by atoms with Crippen LogP contribution >= 0.6 is 0 Å². The normalized spacial score (nSPS) is 11.5. The minimum atomic E-state index is -4.41. The topological polar surface area (TPSA) is 90.2 Å². The molecule has 0 amide bonds.